The van der Waals surface area contributed by atoms with Crippen LogP contribution >= 0.6 is 0 Å². The van der Waals surface area contributed by atoms with E-state index in [1.54, 1.807) is 0 Å². The summed E-state index contributed by atoms with van der Waals surface area (Å²) in [5.74, 6) is 0. The van der Waals surface area contributed by atoms with Crippen LogP contribution in [0.15, 0.2) is 30.3 Å². The molecule has 0 unspecified atom stereocenters. The molecule has 0 radical (unpaired) electrons. The van der Waals surface area contributed by atoms with Gasteiger partial charge in [0, 0.05) is 12.7 Å². The Morgan fingerprint density at radius 1 is 0.895 bits per heavy atom. The largest absolute Gasteiger partial charge is 0.870 e. The van der Waals surface area contributed by atoms with Gasteiger partial charge in [-0.25, -0.2) is 0 Å². The molecule has 0 saturated carbocycles. The number of nitrogens with zero attached hydrogens (tertiary/aromatic N) is 1. The summed E-state index contributed by atoms with van der Waals surface area (Å²) >= 11 is 0. The zero-order valence-electron chi connectivity index (χ0n) is 12.8. The molecule has 0 saturated heterocycles. The molecule has 1 aromatic rings. The van der Waals surface area contributed by atoms with E-state index in [0.29, 0.717) is 0 Å². The van der Waals surface area contributed by atoms with Crippen LogP contribution < -0.4 is 6.15 Å². The summed E-state index contributed by atoms with van der Waals surface area (Å²) in [6.45, 7) is 11.7. The minimum atomic E-state index is 0. The van der Waals surface area contributed by atoms with Gasteiger partial charge in [-0.05, 0) is 20.8 Å². The van der Waals surface area contributed by atoms with Crippen molar-refractivity contribution < 1.29 is 20.5 Å². The highest BCUT2D eigenvalue weighted by Gasteiger charge is 2.20. The van der Waals surface area contributed by atoms with Crippen molar-refractivity contribution in [3.8, 4) is 0 Å². The minimum absolute atomic E-state index is 0. The van der Waals surface area contributed by atoms with E-state index in [9.17, 15) is 0 Å². The van der Waals surface area contributed by atoms with Gasteiger partial charge in [-0.2, -0.15) is 0 Å². The van der Waals surface area contributed by atoms with Crippen LogP contribution in [0.1, 0.15) is 26.3 Å². The maximum atomic E-state index is 7.00. The molecule has 1 rings (SSSR count). The number of hydrogen-bond donors (Lipinski definition) is 2. The molecule has 1 aromatic carbocycles. The summed E-state index contributed by atoms with van der Waals surface area (Å²) in [5.41, 5.74) is 1.46. The van der Waals surface area contributed by atoms with Crippen molar-refractivity contribution in [3.63, 3.8) is 0 Å². The van der Waals surface area contributed by atoms with E-state index in [2.05, 4.69) is 51.1 Å². The van der Waals surface area contributed by atoms with Crippen molar-refractivity contribution in [2.45, 2.75) is 27.3 Å². The molecule has 116 valence electrons. The summed E-state index contributed by atoms with van der Waals surface area (Å²) in [4.78, 5) is 0. The Balaban J connectivity index is -0.000000214. The topological polar surface area (TPSA) is 117 Å². The van der Waals surface area contributed by atoms with E-state index in [-0.39, 0.29) is 17.1 Å². The van der Waals surface area contributed by atoms with Crippen molar-refractivity contribution in [3.05, 3.63) is 35.9 Å². The zero-order valence-corrected chi connectivity index (χ0v) is 12.8. The zero-order chi connectivity index (χ0) is 12.4. The summed E-state index contributed by atoms with van der Waals surface area (Å²) in [7, 11) is 1.00. The monoisotopic (exact) mass is 276 g/mol. The highest BCUT2D eigenvalue weighted by atomic mass is 16.2. The Kier molecular flexibility index (Phi) is 21.1. The first-order valence-corrected chi connectivity index (χ1v) is 6.10. The number of benzene rings is 1. The average Bonchev–Trinajstić information content (AvgIpc) is 2.40. The molecule has 0 aromatic heterocycles. The molecule has 7 N–H and O–H groups in total. The van der Waals surface area contributed by atoms with Crippen LogP contribution in [0.4, 0.5) is 0 Å². The van der Waals surface area contributed by atoms with E-state index in [4.69, 9.17) is 5.11 Å². The molecular formula is C14H32N2O3. The molecular weight excluding hydrogens is 244 g/mol. The molecule has 0 amide bonds. The molecule has 0 atom stereocenters. The van der Waals surface area contributed by atoms with E-state index >= 15 is 0 Å². The van der Waals surface area contributed by atoms with Crippen LogP contribution in [-0.4, -0.2) is 47.3 Å². The van der Waals surface area contributed by atoms with Crippen molar-refractivity contribution in [2.75, 3.05) is 26.7 Å². The van der Waals surface area contributed by atoms with Gasteiger partial charge < -0.3 is 26.7 Å². The maximum absolute atomic E-state index is 7.00. The van der Waals surface area contributed by atoms with Gasteiger partial charge in [-0.1, -0.05) is 30.3 Å². The molecule has 0 aliphatic rings. The van der Waals surface area contributed by atoms with Gasteiger partial charge in [0.05, 0.1) is 19.6 Å². The van der Waals surface area contributed by atoms with Gasteiger partial charge in [0.15, 0.2) is 0 Å². The lowest BCUT2D eigenvalue weighted by Gasteiger charge is -2.35. The van der Waals surface area contributed by atoms with Crippen LogP contribution in [0.5, 0.6) is 0 Å². The standard InChI is InChI=1S/C13H22N.CH4O.H3N.2H2O/c1-4-14(5-2,6-3)12-13-10-8-7-9-11-13;1-2;;;/h7-11H,4-6,12H2,1-3H3;2H,1H3;1H3;2*1H2/q+1;;;;/p-1. The van der Waals surface area contributed by atoms with Gasteiger partial charge in [0.25, 0.3) is 0 Å². The molecule has 5 nitrogen and oxygen atoms in total. The number of aliphatic hydroxyl groups is 1. The maximum Gasteiger partial charge on any atom is 0.104 e. The number of hydrogen-bond acceptors (Lipinski definition) is 3. The molecule has 5 heteroatoms. The summed E-state index contributed by atoms with van der Waals surface area (Å²) in [6.07, 6.45) is 0. The molecule has 0 bridgehead atoms. The third kappa shape index (κ3) is 8.69. The Hall–Kier alpha value is -0.980. The lowest BCUT2D eigenvalue weighted by atomic mass is 10.2. The van der Waals surface area contributed by atoms with Gasteiger partial charge in [0.1, 0.15) is 6.54 Å². The lowest BCUT2D eigenvalue weighted by molar-refractivity contribution is -0.936. The highest BCUT2D eigenvalue weighted by Crippen LogP contribution is 2.13. The third-order valence-electron chi connectivity index (χ3n) is 3.37. The van der Waals surface area contributed by atoms with Crippen molar-refractivity contribution >= 4 is 0 Å². The summed E-state index contributed by atoms with van der Waals surface area (Å²) in [5, 5.41) is 7.00. The first-order valence-electron chi connectivity index (χ1n) is 6.10. The fourth-order valence-electron chi connectivity index (χ4n) is 1.98. The highest BCUT2D eigenvalue weighted by molar-refractivity contribution is 5.13. The Labute approximate surface area is 117 Å². The fourth-order valence-corrected chi connectivity index (χ4v) is 1.98. The first kappa shape index (κ1) is 26.6. The summed E-state index contributed by atoms with van der Waals surface area (Å²) < 4.78 is 1.20. The Bertz CT molecular complexity index is 256. The second kappa shape index (κ2) is 15.1. The van der Waals surface area contributed by atoms with Crippen LogP contribution in [0.2, 0.25) is 0 Å². The molecule has 0 heterocycles. The normalized spacial score (nSPS) is 8.89. The van der Waals surface area contributed by atoms with Gasteiger partial charge in [-0.15, -0.1) is 0 Å². The summed E-state index contributed by atoms with van der Waals surface area (Å²) in [6, 6.07) is 10.8. The average molecular weight is 276 g/mol. The van der Waals surface area contributed by atoms with Gasteiger partial charge in [-0.3, -0.25) is 0 Å². The van der Waals surface area contributed by atoms with Crippen molar-refractivity contribution in [2.24, 2.45) is 0 Å². The molecule has 0 aliphatic carbocycles. The Morgan fingerprint density at radius 2 is 1.26 bits per heavy atom. The third-order valence-corrected chi connectivity index (χ3v) is 3.37. The molecule has 0 aliphatic heterocycles. The minimum Gasteiger partial charge on any atom is -0.870 e. The predicted octanol–water partition coefficient (Wildman–Crippen LogP) is 1.83. The van der Waals surface area contributed by atoms with Crippen molar-refractivity contribution in [1.29, 1.82) is 0 Å². The van der Waals surface area contributed by atoms with Gasteiger partial charge in [0.2, 0.25) is 0 Å². The van der Waals surface area contributed by atoms with E-state index in [1.165, 1.54) is 36.2 Å². The van der Waals surface area contributed by atoms with E-state index in [1.807, 2.05) is 0 Å². The number of quaternary nitrogens is 1. The van der Waals surface area contributed by atoms with Crippen molar-refractivity contribution in [1.82, 2.24) is 6.15 Å². The predicted molar refractivity (Wildman–Crippen MR) is 80.7 cm³/mol. The van der Waals surface area contributed by atoms with Crippen LogP contribution in [0, 0.1) is 0 Å². The van der Waals surface area contributed by atoms with Crippen LogP contribution in [0.25, 0.3) is 0 Å². The van der Waals surface area contributed by atoms with Crippen LogP contribution in [-0.2, 0) is 6.54 Å². The second-order valence-electron chi connectivity index (χ2n) is 3.93. The molecule has 19 heavy (non-hydrogen) atoms. The number of aliphatic hydroxyl groups excluding tert-OH is 1. The fraction of sp³-hybridized carbons (Fsp3) is 0.571. The SMILES string of the molecule is CC[N+](CC)(CC)Cc1ccccc1.CO.N.O.[OH-]. The second-order valence-corrected chi connectivity index (χ2v) is 3.93. The number of rotatable bonds is 5. The smallest absolute Gasteiger partial charge is 0.104 e. The van der Waals surface area contributed by atoms with E-state index < -0.39 is 0 Å². The van der Waals surface area contributed by atoms with Gasteiger partial charge >= 0.3 is 0 Å². The lowest BCUT2D eigenvalue weighted by Crippen LogP contribution is -2.46. The van der Waals surface area contributed by atoms with Crippen LogP contribution in [0.3, 0.4) is 0 Å². The molecule has 0 fully saturated rings. The first-order chi connectivity index (χ1) is 7.76. The van der Waals surface area contributed by atoms with E-state index in [0.717, 1.165) is 7.11 Å². The quantitative estimate of drug-likeness (QED) is 0.799. The molecule has 0 spiro atoms. The Morgan fingerprint density at radius 3 is 1.58 bits per heavy atom.